The molecule has 10 heteroatoms. The van der Waals surface area contributed by atoms with Crippen LogP contribution in [0.1, 0.15) is 34.7 Å². The number of halogens is 3. The molecule has 27 heavy (non-hydrogen) atoms. The molecule has 0 aliphatic rings. The van der Waals surface area contributed by atoms with Gasteiger partial charge in [0.25, 0.3) is 5.91 Å². The Labute approximate surface area is 169 Å². The average Bonchev–Trinajstić information content (AvgIpc) is 2.62. The van der Waals surface area contributed by atoms with Gasteiger partial charge in [-0.25, -0.2) is 9.78 Å². The first kappa shape index (κ1) is 21.0. The number of nitrogens with two attached hydrogens (primary N) is 1. The zero-order valence-corrected chi connectivity index (χ0v) is 16.4. The number of rotatable bonds is 5. The second kappa shape index (κ2) is 8.56. The largest absolute Gasteiger partial charge is 0.448 e. The third kappa shape index (κ3) is 4.68. The SMILES string of the molecule is CC(=O)c1ccccc1NC(=O)C(C)OC(=O)c1nc(Cl)c(Cl)c(N)c1Cl. The van der Waals surface area contributed by atoms with E-state index in [4.69, 9.17) is 45.3 Å². The van der Waals surface area contributed by atoms with E-state index in [9.17, 15) is 14.4 Å². The fourth-order valence-corrected chi connectivity index (χ4v) is 2.66. The molecule has 1 aromatic carbocycles. The number of benzene rings is 1. The van der Waals surface area contributed by atoms with Crippen LogP contribution in [0.25, 0.3) is 0 Å². The van der Waals surface area contributed by atoms with Gasteiger partial charge in [-0.1, -0.05) is 46.9 Å². The van der Waals surface area contributed by atoms with Crippen LogP contribution < -0.4 is 11.1 Å². The monoisotopic (exact) mass is 429 g/mol. The number of pyridine rings is 1. The first-order valence-corrected chi connectivity index (χ1v) is 8.68. The summed E-state index contributed by atoms with van der Waals surface area (Å²) in [5, 5.41) is 1.98. The Hall–Kier alpha value is -2.35. The molecule has 2 aromatic rings. The number of aromatic nitrogens is 1. The number of anilines is 2. The van der Waals surface area contributed by atoms with Crippen molar-refractivity contribution in [1.82, 2.24) is 4.98 Å². The molecule has 0 saturated heterocycles. The van der Waals surface area contributed by atoms with Gasteiger partial charge in [0.2, 0.25) is 0 Å². The van der Waals surface area contributed by atoms with Crippen molar-refractivity contribution >= 4 is 63.8 Å². The van der Waals surface area contributed by atoms with Crippen molar-refractivity contribution in [2.75, 3.05) is 11.1 Å². The maximum atomic E-state index is 12.3. The number of ether oxygens (including phenoxy) is 1. The number of nitrogen functional groups attached to an aromatic ring is 1. The van der Waals surface area contributed by atoms with Gasteiger partial charge in [-0.3, -0.25) is 9.59 Å². The van der Waals surface area contributed by atoms with Crippen molar-refractivity contribution in [3.05, 3.63) is 50.7 Å². The van der Waals surface area contributed by atoms with Crippen LogP contribution in [0.15, 0.2) is 24.3 Å². The number of esters is 1. The molecule has 0 radical (unpaired) electrons. The van der Waals surface area contributed by atoms with E-state index in [-0.39, 0.29) is 32.4 Å². The maximum absolute atomic E-state index is 12.3. The Balaban J connectivity index is 2.16. The molecule has 0 fully saturated rings. The molecular formula is C17H14Cl3N3O4. The van der Waals surface area contributed by atoms with Gasteiger partial charge < -0.3 is 15.8 Å². The summed E-state index contributed by atoms with van der Waals surface area (Å²) in [4.78, 5) is 39.9. The van der Waals surface area contributed by atoms with E-state index in [2.05, 4.69) is 10.3 Å². The number of ketones is 1. The molecule has 1 amide bonds. The highest BCUT2D eigenvalue weighted by atomic mass is 35.5. The van der Waals surface area contributed by atoms with Gasteiger partial charge >= 0.3 is 5.97 Å². The van der Waals surface area contributed by atoms with Gasteiger partial charge in [-0.2, -0.15) is 0 Å². The Kier molecular flexibility index (Phi) is 6.64. The second-order valence-electron chi connectivity index (χ2n) is 5.43. The van der Waals surface area contributed by atoms with Crippen LogP contribution in [0.2, 0.25) is 15.2 Å². The first-order valence-electron chi connectivity index (χ1n) is 7.55. The number of para-hydroxylation sites is 1. The zero-order chi connectivity index (χ0) is 20.3. The van der Waals surface area contributed by atoms with Crippen LogP contribution in [-0.4, -0.2) is 28.7 Å². The highest BCUT2D eigenvalue weighted by Crippen LogP contribution is 2.34. The van der Waals surface area contributed by atoms with E-state index < -0.39 is 18.0 Å². The Morgan fingerprint density at radius 2 is 1.78 bits per heavy atom. The first-order chi connectivity index (χ1) is 12.6. The van der Waals surface area contributed by atoms with Gasteiger partial charge in [0, 0.05) is 5.56 Å². The van der Waals surface area contributed by atoms with Gasteiger partial charge in [0.15, 0.2) is 22.7 Å². The summed E-state index contributed by atoms with van der Waals surface area (Å²) in [6.45, 7) is 2.72. The highest BCUT2D eigenvalue weighted by molar-refractivity contribution is 6.46. The van der Waals surface area contributed by atoms with E-state index in [1.165, 1.54) is 13.8 Å². The van der Waals surface area contributed by atoms with Crippen molar-refractivity contribution in [3.8, 4) is 0 Å². The molecule has 2 rings (SSSR count). The van der Waals surface area contributed by atoms with Crippen LogP contribution in [0, 0.1) is 0 Å². The van der Waals surface area contributed by atoms with Gasteiger partial charge in [0.05, 0.1) is 16.4 Å². The van der Waals surface area contributed by atoms with Gasteiger partial charge in [-0.15, -0.1) is 0 Å². The molecule has 3 N–H and O–H groups in total. The lowest BCUT2D eigenvalue weighted by Gasteiger charge is -2.15. The number of amides is 1. The quantitative estimate of drug-likeness (QED) is 0.421. The summed E-state index contributed by atoms with van der Waals surface area (Å²) in [5.41, 5.74) is 5.78. The summed E-state index contributed by atoms with van der Waals surface area (Å²) < 4.78 is 5.06. The number of Topliss-reactive ketones (excluding diaryl/α,β-unsaturated/α-hetero) is 1. The molecule has 0 aliphatic carbocycles. The van der Waals surface area contributed by atoms with Crippen molar-refractivity contribution in [3.63, 3.8) is 0 Å². The highest BCUT2D eigenvalue weighted by Gasteiger charge is 2.25. The fraction of sp³-hybridized carbons (Fsp3) is 0.176. The van der Waals surface area contributed by atoms with E-state index in [0.29, 0.717) is 11.3 Å². The normalized spacial score (nSPS) is 11.6. The van der Waals surface area contributed by atoms with Gasteiger partial charge in [0.1, 0.15) is 5.02 Å². The van der Waals surface area contributed by atoms with E-state index in [1.807, 2.05) is 0 Å². The fourth-order valence-electron chi connectivity index (χ4n) is 2.07. The molecule has 0 saturated carbocycles. The summed E-state index contributed by atoms with van der Waals surface area (Å²) in [6, 6.07) is 6.44. The standard InChI is InChI=1S/C17H14Cl3N3O4/c1-7(24)9-5-3-4-6-10(9)22-16(25)8(2)27-17(26)14-11(18)13(21)12(19)15(20)23-14/h3-6,8H,1-2H3,(H2,21,23)(H,22,25). The lowest BCUT2D eigenvalue weighted by atomic mass is 10.1. The summed E-state index contributed by atoms with van der Waals surface area (Å²) in [7, 11) is 0. The smallest absolute Gasteiger partial charge is 0.359 e. The molecule has 0 bridgehead atoms. The number of carbonyl (C=O) groups is 3. The topological polar surface area (TPSA) is 111 Å². The molecule has 1 aromatic heterocycles. The van der Waals surface area contributed by atoms with Crippen LogP contribution in [0.3, 0.4) is 0 Å². The third-order valence-corrected chi connectivity index (χ3v) is 4.62. The summed E-state index contributed by atoms with van der Waals surface area (Å²) >= 11 is 17.5. The van der Waals surface area contributed by atoms with Crippen LogP contribution in [0.4, 0.5) is 11.4 Å². The summed E-state index contributed by atoms with van der Waals surface area (Å²) in [5.74, 6) is -1.88. The van der Waals surface area contributed by atoms with Crippen molar-refractivity contribution in [2.45, 2.75) is 20.0 Å². The molecule has 1 unspecified atom stereocenters. The number of hydrogen-bond acceptors (Lipinski definition) is 6. The van der Waals surface area contributed by atoms with Crippen LogP contribution >= 0.6 is 34.8 Å². The molecule has 142 valence electrons. The lowest BCUT2D eigenvalue weighted by molar-refractivity contribution is -0.123. The summed E-state index contributed by atoms with van der Waals surface area (Å²) in [6.07, 6.45) is -1.22. The Morgan fingerprint density at radius 1 is 1.15 bits per heavy atom. The van der Waals surface area contributed by atoms with E-state index in [0.717, 1.165) is 0 Å². The number of hydrogen-bond donors (Lipinski definition) is 2. The minimum Gasteiger partial charge on any atom is -0.448 e. The maximum Gasteiger partial charge on any atom is 0.359 e. The van der Waals surface area contributed by atoms with Crippen molar-refractivity contribution in [2.24, 2.45) is 0 Å². The minimum atomic E-state index is -1.22. The van der Waals surface area contributed by atoms with E-state index >= 15 is 0 Å². The van der Waals surface area contributed by atoms with Crippen molar-refractivity contribution < 1.29 is 19.1 Å². The van der Waals surface area contributed by atoms with Crippen molar-refractivity contribution in [1.29, 1.82) is 0 Å². The molecule has 1 heterocycles. The molecule has 1 atom stereocenters. The van der Waals surface area contributed by atoms with Crippen LogP contribution in [-0.2, 0) is 9.53 Å². The zero-order valence-electron chi connectivity index (χ0n) is 14.2. The minimum absolute atomic E-state index is 0.0927. The van der Waals surface area contributed by atoms with E-state index in [1.54, 1.807) is 24.3 Å². The Bertz CT molecular complexity index is 934. The number of nitrogens with one attached hydrogen (secondary N) is 1. The van der Waals surface area contributed by atoms with Crippen LogP contribution in [0.5, 0.6) is 0 Å². The average molecular weight is 431 g/mol. The lowest BCUT2D eigenvalue weighted by Crippen LogP contribution is -2.31. The molecule has 7 nitrogen and oxygen atoms in total. The predicted molar refractivity (Wildman–Crippen MR) is 104 cm³/mol. The molecule has 0 spiro atoms. The third-order valence-electron chi connectivity index (χ3n) is 3.48. The molecule has 0 aliphatic heterocycles. The predicted octanol–water partition coefficient (Wildman–Crippen LogP) is 4.01. The number of nitrogens with zero attached hydrogens (tertiary/aromatic N) is 1. The Morgan fingerprint density at radius 3 is 2.41 bits per heavy atom. The molecular weight excluding hydrogens is 417 g/mol. The second-order valence-corrected chi connectivity index (χ2v) is 6.55. The van der Waals surface area contributed by atoms with Gasteiger partial charge in [-0.05, 0) is 26.0 Å². The number of carbonyl (C=O) groups excluding carboxylic acids is 3.